The van der Waals surface area contributed by atoms with Crippen LogP contribution in [0.15, 0.2) is 211 Å². The molecule has 0 saturated heterocycles. The molecule has 1 aliphatic heterocycles. The minimum atomic E-state index is -0.569. The molecule has 2 aliphatic rings. The maximum atomic E-state index is 6.75. The highest BCUT2D eigenvalue weighted by atomic mass is 16.3. The largest absolute Gasteiger partial charge is 0.454 e. The quantitative estimate of drug-likeness (QED) is 0.181. The first-order valence-electron chi connectivity index (χ1n) is 19.3. The first-order valence-corrected chi connectivity index (χ1v) is 19.3. The second kappa shape index (κ2) is 11.8. The molecule has 0 amide bonds. The molecule has 12 rings (SSSR count). The van der Waals surface area contributed by atoms with Crippen LogP contribution in [0.3, 0.4) is 0 Å². The average Bonchev–Trinajstić information content (AvgIpc) is 3.79. The van der Waals surface area contributed by atoms with Gasteiger partial charge in [-0.25, -0.2) is 0 Å². The van der Waals surface area contributed by atoms with Crippen LogP contribution < -0.4 is 9.80 Å². The lowest BCUT2D eigenvalue weighted by Gasteiger charge is -2.45. The summed E-state index contributed by atoms with van der Waals surface area (Å²) >= 11 is 0. The monoisotopic (exact) mass is 714 g/mol. The fraction of sp³-hybridized carbons (Fsp3) is 0.0189. The second-order valence-corrected chi connectivity index (χ2v) is 14.8. The minimum Gasteiger partial charge on any atom is -0.454 e. The molecule has 9 aromatic carbocycles. The molecule has 0 radical (unpaired) electrons. The van der Waals surface area contributed by atoms with E-state index in [1.54, 1.807) is 0 Å². The smallest absolute Gasteiger partial charge is 0.159 e. The fourth-order valence-electron chi connectivity index (χ4n) is 9.74. The lowest BCUT2D eigenvalue weighted by Crippen LogP contribution is -2.36. The second-order valence-electron chi connectivity index (χ2n) is 14.8. The number of benzene rings is 9. The maximum absolute atomic E-state index is 6.75. The molecule has 3 heteroatoms. The topological polar surface area (TPSA) is 19.6 Å². The Morgan fingerprint density at radius 2 is 1.02 bits per heavy atom. The van der Waals surface area contributed by atoms with E-state index in [1.165, 1.54) is 55.5 Å². The van der Waals surface area contributed by atoms with Crippen LogP contribution in [-0.2, 0) is 5.41 Å². The SMILES string of the molecule is c1ccc(N2c3ccccc3C3(c4ccccc4-c4ccc(N(c5ccc6ccccc6c5)c5cccc6c5oc5ccccc56)cc43)c3ccccc32)cc1. The predicted octanol–water partition coefficient (Wildman–Crippen LogP) is 14.4. The van der Waals surface area contributed by atoms with Crippen molar-refractivity contribution < 1.29 is 4.42 Å². The van der Waals surface area contributed by atoms with E-state index in [-0.39, 0.29) is 0 Å². The third kappa shape index (κ3) is 4.22. The molecule has 262 valence electrons. The Bertz CT molecular complexity index is 3130. The Morgan fingerprint density at radius 3 is 1.84 bits per heavy atom. The van der Waals surface area contributed by atoms with Gasteiger partial charge in [-0.15, -0.1) is 0 Å². The Balaban J connectivity index is 1.17. The normalized spacial score (nSPS) is 13.5. The van der Waals surface area contributed by atoms with Crippen molar-refractivity contribution in [1.82, 2.24) is 0 Å². The van der Waals surface area contributed by atoms with E-state index in [9.17, 15) is 0 Å². The summed E-state index contributed by atoms with van der Waals surface area (Å²) < 4.78 is 6.75. The number of fused-ring (bicyclic) bond motifs is 13. The van der Waals surface area contributed by atoms with Crippen molar-refractivity contribution in [1.29, 1.82) is 0 Å². The van der Waals surface area contributed by atoms with Crippen molar-refractivity contribution in [2.45, 2.75) is 5.41 Å². The third-order valence-corrected chi connectivity index (χ3v) is 12.0. The maximum Gasteiger partial charge on any atom is 0.159 e. The van der Waals surface area contributed by atoms with Crippen LogP contribution in [0.4, 0.5) is 34.1 Å². The van der Waals surface area contributed by atoms with Gasteiger partial charge in [-0.1, -0.05) is 146 Å². The molecule has 56 heavy (non-hydrogen) atoms. The van der Waals surface area contributed by atoms with Gasteiger partial charge in [-0.3, -0.25) is 0 Å². The van der Waals surface area contributed by atoms with Gasteiger partial charge in [0.15, 0.2) is 5.58 Å². The lowest BCUT2D eigenvalue weighted by atomic mass is 9.64. The highest BCUT2D eigenvalue weighted by Crippen LogP contribution is 2.64. The Labute approximate surface area is 324 Å². The summed E-state index contributed by atoms with van der Waals surface area (Å²) in [4.78, 5) is 4.83. The van der Waals surface area contributed by atoms with Gasteiger partial charge in [0.2, 0.25) is 0 Å². The summed E-state index contributed by atoms with van der Waals surface area (Å²) in [5.41, 5.74) is 15.5. The molecule has 10 aromatic rings. The number of rotatable bonds is 4. The van der Waals surface area contributed by atoms with Crippen LogP contribution in [-0.4, -0.2) is 0 Å². The molecule has 0 saturated carbocycles. The van der Waals surface area contributed by atoms with Crippen LogP contribution in [0, 0.1) is 0 Å². The molecule has 0 bridgehead atoms. The third-order valence-electron chi connectivity index (χ3n) is 12.0. The van der Waals surface area contributed by atoms with Gasteiger partial charge in [-0.05, 0) is 105 Å². The zero-order chi connectivity index (χ0) is 36.8. The van der Waals surface area contributed by atoms with Gasteiger partial charge in [0, 0.05) is 27.8 Å². The van der Waals surface area contributed by atoms with Crippen molar-refractivity contribution >= 4 is 66.8 Å². The molecular formula is C53H34N2O. The van der Waals surface area contributed by atoms with Crippen LogP contribution in [0.1, 0.15) is 22.3 Å². The molecule has 0 unspecified atom stereocenters. The van der Waals surface area contributed by atoms with E-state index < -0.39 is 5.41 Å². The van der Waals surface area contributed by atoms with E-state index in [4.69, 9.17) is 4.42 Å². The first-order chi connectivity index (χ1) is 27.8. The van der Waals surface area contributed by atoms with Gasteiger partial charge < -0.3 is 14.2 Å². The zero-order valence-electron chi connectivity index (χ0n) is 30.4. The van der Waals surface area contributed by atoms with Crippen molar-refractivity contribution in [3.63, 3.8) is 0 Å². The predicted molar refractivity (Wildman–Crippen MR) is 231 cm³/mol. The Morgan fingerprint density at radius 1 is 0.411 bits per heavy atom. The molecule has 2 heterocycles. The molecular weight excluding hydrogens is 681 g/mol. The molecule has 1 aromatic heterocycles. The van der Waals surface area contributed by atoms with Crippen LogP contribution in [0.25, 0.3) is 43.8 Å². The van der Waals surface area contributed by atoms with Gasteiger partial charge >= 0.3 is 0 Å². The van der Waals surface area contributed by atoms with Crippen LogP contribution in [0.2, 0.25) is 0 Å². The first kappa shape index (κ1) is 31.0. The molecule has 0 atom stereocenters. The number of hydrogen-bond donors (Lipinski definition) is 0. The van der Waals surface area contributed by atoms with Crippen LogP contribution >= 0.6 is 0 Å². The van der Waals surface area contributed by atoms with Crippen molar-refractivity contribution in [2.24, 2.45) is 0 Å². The van der Waals surface area contributed by atoms with Gasteiger partial charge in [0.05, 0.1) is 22.5 Å². The standard InChI is InChI=1S/C53H34N2O/c1-2-17-37(18-3-1)55-48-25-11-9-23-45(48)53(46-24-10-12-26-49(46)55)44-22-8-6-19-40(44)41-32-31-39(34-47(41)53)54(38-30-29-35-15-4-5-16-36(35)33-38)50-27-14-21-43-42-20-7-13-28-51(42)56-52(43)50/h1-34H. The van der Waals surface area contributed by atoms with E-state index in [2.05, 4.69) is 210 Å². The average molecular weight is 715 g/mol. The van der Waals surface area contributed by atoms with E-state index in [1.807, 2.05) is 6.07 Å². The van der Waals surface area contributed by atoms with Crippen molar-refractivity contribution in [2.75, 3.05) is 9.80 Å². The molecule has 1 aliphatic carbocycles. The number of anilines is 6. The number of hydrogen-bond acceptors (Lipinski definition) is 3. The van der Waals surface area contributed by atoms with Gasteiger partial charge in [0.25, 0.3) is 0 Å². The van der Waals surface area contributed by atoms with Crippen molar-refractivity contribution in [3.8, 4) is 11.1 Å². The summed E-state index contributed by atoms with van der Waals surface area (Å²) in [6.45, 7) is 0. The van der Waals surface area contributed by atoms with E-state index in [0.29, 0.717) is 0 Å². The highest BCUT2D eigenvalue weighted by molar-refractivity contribution is 6.10. The summed E-state index contributed by atoms with van der Waals surface area (Å²) in [5, 5.41) is 4.61. The van der Waals surface area contributed by atoms with E-state index in [0.717, 1.165) is 44.7 Å². The number of para-hydroxylation sites is 5. The minimum absolute atomic E-state index is 0.569. The summed E-state index contributed by atoms with van der Waals surface area (Å²) in [7, 11) is 0. The summed E-state index contributed by atoms with van der Waals surface area (Å²) in [6.07, 6.45) is 0. The summed E-state index contributed by atoms with van der Waals surface area (Å²) in [5.74, 6) is 0. The molecule has 0 fully saturated rings. The number of furan rings is 1. The molecule has 3 nitrogen and oxygen atoms in total. The van der Waals surface area contributed by atoms with E-state index >= 15 is 0 Å². The Hall–Kier alpha value is -7.36. The zero-order valence-corrected chi connectivity index (χ0v) is 30.4. The summed E-state index contributed by atoms with van der Waals surface area (Å²) in [6, 6.07) is 75.1. The Kier molecular flexibility index (Phi) is 6.55. The molecule has 1 spiro atoms. The number of nitrogens with zero attached hydrogens (tertiary/aromatic N) is 2. The van der Waals surface area contributed by atoms with Crippen molar-refractivity contribution in [3.05, 3.63) is 229 Å². The molecule has 0 N–H and O–H groups in total. The fourth-order valence-corrected chi connectivity index (χ4v) is 9.74. The lowest BCUT2D eigenvalue weighted by molar-refractivity contribution is 0.669. The highest BCUT2D eigenvalue weighted by Gasteiger charge is 2.51. The van der Waals surface area contributed by atoms with Gasteiger partial charge in [-0.2, -0.15) is 0 Å². The van der Waals surface area contributed by atoms with Gasteiger partial charge in [0.1, 0.15) is 5.58 Å². The van der Waals surface area contributed by atoms with Crippen LogP contribution in [0.5, 0.6) is 0 Å².